The molecule has 32 heavy (non-hydrogen) atoms. The normalized spacial score (nSPS) is 18.4. The van der Waals surface area contributed by atoms with E-state index >= 15 is 0 Å². The maximum atomic E-state index is 13.0. The SMILES string of the molecule is COc1ccccc1C1CC(=O)c2c(C)nc(N3CCN(c4ncccn4)CC3)nc2C1. The number of para-hydroxylation sites is 1. The number of piperazine rings is 1. The molecule has 0 radical (unpaired) electrons. The summed E-state index contributed by atoms with van der Waals surface area (Å²) in [6, 6.07) is 9.75. The van der Waals surface area contributed by atoms with Crippen molar-refractivity contribution in [3.63, 3.8) is 0 Å². The van der Waals surface area contributed by atoms with Crippen LogP contribution in [-0.4, -0.2) is 59.0 Å². The van der Waals surface area contributed by atoms with E-state index in [2.05, 4.69) is 19.8 Å². The molecule has 2 aliphatic rings. The number of fused-ring (bicyclic) bond motifs is 1. The number of carbonyl (C=O) groups excluding carboxylic acids is 1. The largest absolute Gasteiger partial charge is 0.496 e. The molecule has 0 saturated carbocycles. The van der Waals surface area contributed by atoms with Crippen LogP contribution in [0.1, 0.15) is 39.6 Å². The number of nitrogens with zero attached hydrogens (tertiary/aromatic N) is 6. The van der Waals surface area contributed by atoms with Gasteiger partial charge in [0.25, 0.3) is 0 Å². The lowest BCUT2D eigenvalue weighted by atomic mass is 9.81. The highest BCUT2D eigenvalue weighted by Gasteiger charge is 2.32. The predicted octanol–water partition coefficient (Wildman–Crippen LogP) is 2.82. The quantitative estimate of drug-likeness (QED) is 0.625. The smallest absolute Gasteiger partial charge is 0.225 e. The molecule has 0 spiro atoms. The summed E-state index contributed by atoms with van der Waals surface area (Å²) in [5, 5.41) is 0. The highest BCUT2D eigenvalue weighted by atomic mass is 16.5. The van der Waals surface area contributed by atoms with E-state index in [0.717, 1.165) is 54.8 Å². The van der Waals surface area contributed by atoms with Crippen molar-refractivity contribution in [3.8, 4) is 5.75 Å². The molecule has 1 aliphatic heterocycles. The molecule has 2 aromatic heterocycles. The molecular weight excluding hydrogens is 404 g/mol. The van der Waals surface area contributed by atoms with E-state index in [0.29, 0.717) is 24.4 Å². The number of ketones is 1. The van der Waals surface area contributed by atoms with Gasteiger partial charge in [-0.05, 0) is 31.0 Å². The molecule has 164 valence electrons. The van der Waals surface area contributed by atoms with Gasteiger partial charge in [0.15, 0.2) is 5.78 Å². The molecule has 0 N–H and O–H groups in total. The molecule has 1 aromatic carbocycles. The highest BCUT2D eigenvalue weighted by molar-refractivity contribution is 5.99. The van der Waals surface area contributed by atoms with Gasteiger partial charge in [-0.1, -0.05) is 18.2 Å². The Hall–Kier alpha value is -3.55. The number of carbonyl (C=O) groups is 1. The summed E-state index contributed by atoms with van der Waals surface area (Å²) < 4.78 is 5.54. The van der Waals surface area contributed by atoms with Gasteiger partial charge in [-0.2, -0.15) is 0 Å². The zero-order valence-corrected chi connectivity index (χ0v) is 18.4. The summed E-state index contributed by atoms with van der Waals surface area (Å²) in [5.74, 6) is 2.43. The zero-order valence-electron chi connectivity index (χ0n) is 18.4. The summed E-state index contributed by atoms with van der Waals surface area (Å²) in [6.45, 7) is 5.07. The lowest BCUT2D eigenvalue weighted by molar-refractivity contribution is 0.0961. The monoisotopic (exact) mass is 430 g/mol. The Balaban J connectivity index is 1.38. The number of anilines is 2. The summed E-state index contributed by atoms with van der Waals surface area (Å²) in [5.41, 5.74) is 3.36. The second-order valence-electron chi connectivity index (χ2n) is 8.22. The molecule has 1 unspecified atom stereocenters. The molecule has 8 heteroatoms. The molecule has 0 bridgehead atoms. The first kappa shape index (κ1) is 20.4. The first-order chi connectivity index (χ1) is 15.6. The van der Waals surface area contributed by atoms with Crippen LogP contribution in [-0.2, 0) is 6.42 Å². The Morgan fingerprint density at radius 1 is 0.906 bits per heavy atom. The number of aryl methyl sites for hydroxylation is 1. The molecule has 1 saturated heterocycles. The number of ether oxygens (including phenoxy) is 1. The minimum Gasteiger partial charge on any atom is -0.496 e. The summed E-state index contributed by atoms with van der Waals surface area (Å²) in [6.07, 6.45) is 4.68. The number of hydrogen-bond acceptors (Lipinski definition) is 8. The Kier molecular flexibility index (Phi) is 5.43. The Bertz CT molecular complexity index is 1130. The fraction of sp³-hybridized carbons (Fsp3) is 0.375. The summed E-state index contributed by atoms with van der Waals surface area (Å²) in [7, 11) is 1.67. The Morgan fingerprint density at radius 3 is 2.31 bits per heavy atom. The topological polar surface area (TPSA) is 84.3 Å². The van der Waals surface area contributed by atoms with Crippen LogP contribution in [0.25, 0.3) is 0 Å². The lowest BCUT2D eigenvalue weighted by Crippen LogP contribution is -2.48. The van der Waals surface area contributed by atoms with Crippen LogP contribution in [0.3, 0.4) is 0 Å². The van der Waals surface area contributed by atoms with Gasteiger partial charge in [0, 0.05) is 50.9 Å². The van der Waals surface area contributed by atoms with Crippen LogP contribution in [0.15, 0.2) is 42.7 Å². The van der Waals surface area contributed by atoms with Crippen LogP contribution < -0.4 is 14.5 Å². The van der Waals surface area contributed by atoms with E-state index in [1.807, 2.05) is 37.3 Å². The first-order valence-corrected chi connectivity index (χ1v) is 10.9. The first-order valence-electron chi connectivity index (χ1n) is 10.9. The predicted molar refractivity (Wildman–Crippen MR) is 122 cm³/mol. The van der Waals surface area contributed by atoms with E-state index in [1.54, 1.807) is 19.5 Å². The Labute approximate surface area is 187 Å². The minimum atomic E-state index is 0.0559. The van der Waals surface area contributed by atoms with Crippen LogP contribution in [0.5, 0.6) is 5.75 Å². The van der Waals surface area contributed by atoms with E-state index in [9.17, 15) is 4.79 Å². The van der Waals surface area contributed by atoms with Gasteiger partial charge < -0.3 is 14.5 Å². The number of rotatable bonds is 4. The number of aromatic nitrogens is 4. The second kappa shape index (κ2) is 8.53. The van der Waals surface area contributed by atoms with Gasteiger partial charge >= 0.3 is 0 Å². The fourth-order valence-electron chi connectivity index (χ4n) is 4.68. The molecule has 1 aliphatic carbocycles. The van der Waals surface area contributed by atoms with Gasteiger partial charge in [-0.3, -0.25) is 4.79 Å². The van der Waals surface area contributed by atoms with Gasteiger partial charge in [0.2, 0.25) is 11.9 Å². The zero-order chi connectivity index (χ0) is 22.1. The number of methoxy groups -OCH3 is 1. The molecule has 1 fully saturated rings. The number of hydrogen-bond donors (Lipinski definition) is 0. The van der Waals surface area contributed by atoms with E-state index in [-0.39, 0.29) is 11.7 Å². The van der Waals surface area contributed by atoms with Gasteiger partial charge in [0.05, 0.1) is 24.1 Å². The average molecular weight is 431 g/mol. The lowest BCUT2D eigenvalue weighted by Gasteiger charge is -2.35. The summed E-state index contributed by atoms with van der Waals surface area (Å²) >= 11 is 0. The van der Waals surface area contributed by atoms with Crippen molar-refractivity contribution < 1.29 is 9.53 Å². The summed E-state index contributed by atoms with van der Waals surface area (Å²) in [4.78, 5) is 35.7. The number of Topliss-reactive ketones (excluding diaryl/α,β-unsaturated/α-hetero) is 1. The van der Waals surface area contributed by atoms with E-state index < -0.39 is 0 Å². The molecule has 3 heterocycles. The van der Waals surface area contributed by atoms with Crippen molar-refractivity contribution in [3.05, 3.63) is 65.2 Å². The third kappa shape index (κ3) is 3.77. The average Bonchev–Trinajstić information content (AvgIpc) is 2.84. The molecule has 0 amide bonds. The standard InChI is InChI=1S/C24H26N6O2/c1-16-22-19(14-17(15-20(22)31)18-6-3-4-7-21(18)32-2)28-24(27-16)30-12-10-29(11-13-30)23-25-8-5-9-26-23/h3-9,17H,10-15H2,1-2H3. The molecule has 5 rings (SSSR count). The van der Waals surface area contributed by atoms with Crippen molar-refractivity contribution in [2.75, 3.05) is 43.1 Å². The highest BCUT2D eigenvalue weighted by Crippen LogP contribution is 2.37. The van der Waals surface area contributed by atoms with Crippen molar-refractivity contribution in [1.29, 1.82) is 0 Å². The maximum absolute atomic E-state index is 13.0. The molecular formula is C24H26N6O2. The third-order valence-corrected chi connectivity index (χ3v) is 6.28. The molecule has 3 aromatic rings. The minimum absolute atomic E-state index is 0.0559. The number of benzene rings is 1. The van der Waals surface area contributed by atoms with Crippen LogP contribution in [0.2, 0.25) is 0 Å². The fourth-order valence-corrected chi connectivity index (χ4v) is 4.68. The van der Waals surface area contributed by atoms with Crippen molar-refractivity contribution in [2.24, 2.45) is 0 Å². The van der Waals surface area contributed by atoms with Crippen molar-refractivity contribution in [2.45, 2.75) is 25.7 Å². The second-order valence-corrected chi connectivity index (χ2v) is 8.22. The van der Waals surface area contributed by atoms with Crippen LogP contribution in [0, 0.1) is 6.92 Å². The van der Waals surface area contributed by atoms with Gasteiger partial charge in [-0.25, -0.2) is 19.9 Å². The van der Waals surface area contributed by atoms with E-state index in [1.165, 1.54) is 0 Å². The third-order valence-electron chi connectivity index (χ3n) is 6.28. The molecule has 8 nitrogen and oxygen atoms in total. The molecule has 1 atom stereocenters. The Morgan fingerprint density at radius 2 is 1.59 bits per heavy atom. The van der Waals surface area contributed by atoms with Crippen LogP contribution in [0.4, 0.5) is 11.9 Å². The van der Waals surface area contributed by atoms with Crippen molar-refractivity contribution >= 4 is 17.7 Å². The van der Waals surface area contributed by atoms with Crippen molar-refractivity contribution in [1.82, 2.24) is 19.9 Å². The van der Waals surface area contributed by atoms with E-state index in [4.69, 9.17) is 14.7 Å². The van der Waals surface area contributed by atoms with Gasteiger partial charge in [-0.15, -0.1) is 0 Å². The van der Waals surface area contributed by atoms with Crippen LogP contribution >= 0.6 is 0 Å². The maximum Gasteiger partial charge on any atom is 0.225 e. The van der Waals surface area contributed by atoms with Gasteiger partial charge in [0.1, 0.15) is 5.75 Å².